The Bertz CT molecular complexity index is 388. The monoisotopic (exact) mass is 249 g/mol. The molecule has 1 aromatic heterocycles. The molecular weight excluding hydrogens is 230 g/mol. The molecule has 1 fully saturated rings. The van der Waals surface area contributed by atoms with Gasteiger partial charge in [-0.05, 0) is 37.3 Å². The van der Waals surface area contributed by atoms with E-state index >= 15 is 0 Å². The lowest BCUT2D eigenvalue weighted by Gasteiger charge is -2.21. The molecule has 4 heteroatoms. The average Bonchev–Trinajstić information content (AvgIpc) is 2.54. The van der Waals surface area contributed by atoms with Crippen LogP contribution in [-0.2, 0) is 0 Å². The van der Waals surface area contributed by atoms with Gasteiger partial charge in [0.15, 0.2) is 0 Å². The first-order valence-electron chi connectivity index (χ1n) is 6.17. The number of anilines is 1. The molecule has 3 nitrogen and oxygen atoms in total. The van der Waals surface area contributed by atoms with Crippen molar-refractivity contribution in [1.29, 1.82) is 0 Å². The molecule has 0 amide bonds. The molecule has 0 bridgehead atoms. The molecule has 1 aliphatic rings. The van der Waals surface area contributed by atoms with Crippen LogP contribution in [0.1, 0.15) is 31.7 Å². The highest BCUT2D eigenvalue weighted by Gasteiger charge is 2.14. The molecule has 1 unspecified atom stereocenters. The van der Waals surface area contributed by atoms with E-state index in [1.807, 2.05) is 12.1 Å². The number of aromatic nitrogens is 1. The van der Waals surface area contributed by atoms with Crippen LogP contribution in [0.3, 0.4) is 0 Å². The fraction of sp³-hybridized carbons (Fsp3) is 0.538. The van der Waals surface area contributed by atoms with E-state index in [-0.39, 0.29) is 0 Å². The third kappa shape index (κ3) is 3.16. The van der Waals surface area contributed by atoms with Crippen molar-refractivity contribution >= 4 is 23.0 Å². The topological polar surface area (TPSA) is 42.1 Å². The molecule has 0 aromatic carbocycles. The Kier molecular flexibility index (Phi) is 3.94. The summed E-state index contributed by atoms with van der Waals surface area (Å²) in [7, 11) is 0. The lowest BCUT2D eigenvalue weighted by Crippen LogP contribution is -2.25. The SMILES string of the molecule is CC1CCCN(c2ccc(C(N)=S)cn2)CC1. The molecule has 0 spiro atoms. The summed E-state index contributed by atoms with van der Waals surface area (Å²) in [4.78, 5) is 7.21. The zero-order valence-electron chi connectivity index (χ0n) is 10.2. The Morgan fingerprint density at radius 1 is 1.41 bits per heavy atom. The summed E-state index contributed by atoms with van der Waals surface area (Å²) in [5.41, 5.74) is 6.40. The summed E-state index contributed by atoms with van der Waals surface area (Å²) in [5.74, 6) is 1.87. The maximum absolute atomic E-state index is 5.56. The van der Waals surface area contributed by atoms with Gasteiger partial charge >= 0.3 is 0 Å². The highest BCUT2D eigenvalue weighted by molar-refractivity contribution is 7.80. The quantitative estimate of drug-likeness (QED) is 0.817. The number of pyridine rings is 1. The lowest BCUT2D eigenvalue weighted by atomic mass is 10.0. The van der Waals surface area contributed by atoms with Gasteiger partial charge in [-0.3, -0.25) is 0 Å². The zero-order valence-corrected chi connectivity index (χ0v) is 11.0. The van der Waals surface area contributed by atoms with Crippen LogP contribution < -0.4 is 10.6 Å². The average molecular weight is 249 g/mol. The van der Waals surface area contributed by atoms with Crippen molar-refractivity contribution in [3.8, 4) is 0 Å². The third-order valence-electron chi connectivity index (χ3n) is 3.37. The van der Waals surface area contributed by atoms with Gasteiger partial charge in [-0.15, -0.1) is 0 Å². The molecule has 0 aliphatic carbocycles. The molecule has 1 atom stereocenters. The van der Waals surface area contributed by atoms with Gasteiger partial charge in [0.2, 0.25) is 0 Å². The minimum Gasteiger partial charge on any atom is -0.389 e. The summed E-state index contributed by atoms with van der Waals surface area (Å²) >= 11 is 4.92. The van der Waals surface area contributed by atoms with Crippen molar-refractivity contribution in [2.24, 2.45) is 11.7 Å². The zero-order chi connectivity index (χ0) is 12.3. The first-order chi connectivity index (χ1) is 8.16. The molecule has 1 aliphatic heterocycles. The summed E-state index contributed by atoms with van der Waals surface area (Å²) in [6.07, 6.45) is 5.59. The second-order valence-electron chi connectivity index (χ2n) is 4.79. The van der Waals surface area contributed by atoms with Gasteiger partial charge in [-0.1, -0.05) is 19.1 Å². The Balaban J connectivity index is 2.08. The van der Waals surface area contributed by atoms with Gasteiger partial charge < -0.3 is 10.6 Å². The number of rotatable bonds is 2. The molecule has 17 heavy (non-hydrogen) atoms. The normalized spacial score (nSPS) is 21.0. The minimum atomic E-state index is 0.411. The van der Waals surface area contributed by atoms with E-state index in [1.165, 1.54) is 19.3 Å². The van der Waals surface area contributed by atoms with E-state index in [4.69, 9.17) is 18.0 Å². The Labute approximate surface area is 108 Å². The second kappa shape index (κ2) is 5.45. The van der Waals surface area contributed by atoms with Crippen LogP contribution in [0, 0.1) is 5.92 Å². The fourth-order valence-corrected chi connectivity index (χ4v) is 2.33. The van der Waals surface area contributed by atoms with Crippen LogP contribution >= 0.6 is 12.2 Å². The van der Waals surface area contributed by atoms with Crippen molar-refractivity contribution in [3.05, 3.63) is 23.9 Å². The van der Waals surface area contributed by atoms with Gasteiger partial charge in [-0.2, -0.15) is 0 Å². The Morgan fingerprint density at radius 3 is 2.88 bits per heavy atom. The molecule has 0 radical (unpaired) electrons. The van der Waals surface area contributed by atoms with Crippen LogP contribution in [0.2, 0.25) is 0 Å². The van der Waals surface area contributed by atoms with Crippen LogP contribution in [0.25, 0.3) is 0 Å². The first kappa shape index (κ1) is 12.3. The predicted molar refractivity (Wildman–Crippen MR) is 75.4 cm³/mol. The molecule has 1 saturated heterocycles. The van der Waals surface area contributed by atoms with Crippen LogP contribution in [-0.4, -0.2) is 23.1 Å². The molecule has 92 valence electrons. The number of hydrogen-bond acceptors (Lipinski definition) is 3. The van der Waals surface area contributed by atoms with Crippen molar-refractivity contribution in [1.82, 2.24) is 4.98 Å². The molecule has 2 rings (SSSR count). The van der Waals surface area contributed by atoms with E-state index in [1.54, 1.807) is 6.20 Å². The standard InChI is InChI=1S/C13H19N3S/c1-10-3-2-7-16(8-6-10)12-5-4-11(9-15-12)13(14)17/h4-5,9-10H,2-3,6-8H2,1H3,(H2,14,17). The van der Waals surface area contributed by atoms with Gasteiger partial charge in [0.05, 0.1) is 0 Å². The third-order valence-corrected chi connectivity index (χ3v) is 3.61. The van der Waals surface area contributed by atoms with E-state index in [0.717, 1.165) is 30.4 Å². The van der Waals surface area contributed by atoms with Crippen molar-refractivity contribution < 1.29 is 0 Å². The fourth-order valence-electron chi connectivity index (χ4n) is 2.21. The van der Waals surface area contributed by atoms with Crippen molar-refractivity contribution in [3.63, 3.8) is 0 Å². The minimum absolute atomic E-state index is 0.411. The summed E-state index contributed by atoms with van der Waals surface area (Å²) in [6, 6.07) is 3.98. The van der Waals surface area contributed by atoms with Gasteiger partial charge in [-0.25, -0.2) is 4.98 Å². The first-order valence-corrected chi connectivity index (χ1v) is 6.58. The molecule has 2 N–H and O–H groups in total. The number of thiocarbonyl (C=S) groups is 1. The number of hydrogen-bond donors (Lipinski definition) is 1. The number of nitrogens with two attached hydrogens (primary N) is 1. The van der Waals surface area contributed by atoms with E-state index < -0.39 is 0 Å². The van der Waals surface area contributed by atoms with Gasteiger partial charge in [0.25, 0.3) is 0 Å². The van der Waals surface area contributed by atoms with Gasteiger partial charge in [0.1, 0.15) is 10.8 Å². The van der Waals surface area contributed by atoms with Crippen LogP contribution in [0.4, 0.5) is 5.82 Å². The smallest absolute Gasteiger partial charge is 0.128 e. The largest absolute Gasteiger partial charge is 0.389 e. The Morgan fingerprint density at radius 2 is 2.24 bits per heavy atom. The van der Waals surface area contributed by atoms with E-state index in [2.05, 4.69) is 16.8 Å². The van der Waals surface area contributed by atoms with Crippen LogP contribution in [0.15, 0.2) is 18.3 Å². The van der Waals surface area contributed by atoms with E-state index in [9.17, 15) is 0 Å². The van der Waals surface area contributed by atoms with E-state index in [0.29, 0.717) is 4.99 Å². The number of nitrogens with zero attached hydrogens (tertiary/aromatic N) is 2. The highest BCUT2D eigenvalue weighted by Crippen LogP contribution is 2.20. The maximum atomic E-state index is 5.56. The molecular formula is C13H19N3S. The van der Waals surface area contributed by atoms with Crippen LogP contribution in [0.5, 0.6) is 0 Å². The molecule has 1 aromatic rings. The summed E-state index contributed by atoms with van der Waals surface area (Å²) < 4.78 is 0. The van der Waals surface area contributed by atoms with Crippen molar-refractivity contribution in [2.75, 3.05) is 18.0 Å². The highest BCUT2D eigenvalue weighted by atomic mass is 32.1. The van der Waals surface area contributed by atoms with Crippen molar-refractivity contribution in [2.45, 2.75) is 26.2 Å². The second-order valence-corrected chi connectivity index (χ2v) is 5.23. The maximum Gasteiger partial charge on any atom is 0.128 e. The summed E-state index contributed by atoms with van der Waals surface area (Å²) in [5, 5.41) is 0. The summed E-state index contributed by atoms with van der Waals surface area (Å²) in [6.45, 7) is 4.53. The molecule has 0 saturated carbocycles. The molecule has 2 heterocycles. The Hall–Kier alpha value is -1.16. The predicted octanol–water partition coefficient (Wildman–Crippen LogP) is 2.34. The lowest BCUT2D eigenvalue weighted by molar-refractivity contribution is 0.521. The van der Waals surface area contributed by atoms with Gasteiger partial charge in [0, 0.05) is 24.8 Å².